The maximum absolute atomic E-state index is 11.5. The molecule has 1 N–H and O–H groups in total. The van der Waals surface area contributed by atoms with Crippen LogP contribution in [0.25, 0.3) is 0 Å². The zero-order chi connectivity index (χ0) is 14.2. The molecule has 0 saturated carbocycles. The van der Waals surface area contributed by atoms with E-state index >= 15 is 0 Å². The molecule has 0 aliphatic carbocycles. The summed E-state index contributed by atoms with van der Waals surface area (Å²) in [4.78, 5) is 11.5. The van der Waals surface area contributed by atoms with E-state index in [2.05, 4.69) is 5.32 Å². The Morgan fingerprint density at radius 2 is 1.79 bits per heavy atom. The van der Waals surface area contributed by atoms with E-state index in [0.29, 0.717) is 16.6 Å². The third-order valence-corrected chi connectivity index (χ3v) is 3.90. The number of anilines is 1. The molecule has 19 heavy (non-hydrogen) atoms. The van der Waals surface area contributed by atoms with Gasteiger partial charge in [-0.1, -0.05) is 23.2 Å². The number of aromatic nitrogens is 2. The highest BCUT2D eigenvalue weighted by molar-refractivity contribution is 6.36. The molecular formula is C13H15Cl2N3O. The number of nitrogens with zero attached hydrogens (tertiary/aromatic N) is 2. The van der Waals surface area contributed by atoms with Gasteiger partial charge in [0, 0.05) is 25.2 Å². The molecule has 0 amide bonds. The highest BCUT2D eigenvalue weighted by Crippen LogP contribution is 2.28. The summed E-state index contributed by atoms with van der Waals surface area (Å²) in [5.74, 6) is 0. The number of hydrogen-bond acceptors (Lipinski definition) is 2. The molecule has 0 spiro atoms. The van der Waals surface area contributed by atoms with Crippen LogP contribution in [0.3, 0.4) is 0 Å². The minimum absolute atomic E-state index is 0.0299. The number of hydrogen-bond donors (Lipinski definition) is 1. The smallest absolute Gasteiger partial charge is 0.266 e. The zero-order valence-corrected chi connectivity index (χ0v) is 12.5. The number of halogens is 2. The Hall–Kier alpha value is -1.39. The van der Waals surface area contributed by atoms with Gasteiger partial charge in [-0.2, -0.15) is 0 Å². The van der Waals surface area contributed by atoms with Crippen molar-refractivity contribution in [1.29, 1.82) is 0 Å². The van der Waals surface area contributed by atoms with Crippen molar-refractivity contribution in [3.63, 3.8) is 0 Å². The highest BCUT2D eigenvalue weighted by Gasteiger charge is 2.07. The van der Waals surface area contributed by atoms with Crippen molar-refractivity contribution in [3.05, 3.63) is 49.9 Å². The van der Waals surface area contributed by atoms with Crippen LogP contribution in [0.5, 0.6) is 0 Å². The molecule has 2 aromatic rings. The predicted molar refractivity (Wildman–Crippen MR) is 79.2 cm³/mol. The molecule has 0 aliphatic heterocycles. The van der Waals surface area contributed by atoms with Crippen molar-refractivity contribution >= 4 is 28.9 Å². The second kappa shape index (κ2) is 5.31. The largest absolute Gasteiger partial charge is 0.378 e. The fourth-order valence-electron chi connectivity index (χ4n) is 1.81. The lowest BCUT2D eigenvalue weighted by Crippen LogP contribution is -2.17. The molecule has 1 aromatic carbocycles. The topological polar surface area (TPSA) is 39.0 Å². The SMILES string of the molecule is Cc1cc(NCc2cc(=O)n(C)n2C)c(Cl)cc1Cl. The van der Waals surface area contributed by atoms with Crippen molar-refractivity contribution in [1.82, 2.24) is 9.36 Å². The van der Waals surface area contributed by atoms with E-state index in [1.807, 2.05) is 20.0 Å². The lowest BCUT2D eigenvalue weighted by atomic mass is 10.2. The first-order chi connectivity index (χ1) is 8.90. The number of nitrogens with one attached hydrogen (secondary N) is 1. The van der Waals surface area contributed by atoms with Crippen LogP contribution in [0, 0.1) is 6.92 Å². The Morgan fingerprint density at radius 3 is 2.37 bits per heavy atom. The summed E-state index contributed by atoms with van der Waals surface area (Å²) in [5, 5.41) is 4.42. The molecule has 0 saturated heterocycles. The van der Waals surface area contributed by atoms with Gasteiger partial charge in [0.2, 0.25) is 0 Å². The fraction of sp³-hybridized carbons (Fsp3) is 0.308. The van der Waals surface area contributed by atoms with Crippen LogP contribution < -0.4 is 10.9 Å². The highest BCUT2D eigenvalue weighted by atomic mass is 35.5. The van der Waals surface area contributed by atoms with E-state index in [1.54, 1.807) is 28.5 Å². The number of rotatable bonds is 3. The van der Waals surface area contributed by atoms with Crippen LogP contribution in [-0.2, 0) is 20.6 Å². The molecule has 0 radical (unpaired) electrons. The molecule has 0 bridgehead atoms. The van der Waals surface area contributed by atoms with Gasteiger partial charge < -0.3 is 5.32 Å². The Kier molecular flexibility index (Phi) is 3.92. The molecular weight excluding hydrogens is 285 g/mol. The third-order valence-electron chi connectivity index (χ3n) is 3.18. The average molecular weight is 300 g/mol. The zero-order valence-electron chi connectivity index (χ0n) is 11.0. The summed E-state index contributed by atoms with van der Waals surface area (Å²) in [6.45, 7) is 2.44. The van der Waals surface area contributed by atoms with Crippen molar-refractivity contribution < 1.29 is 0 Å². The molecule has 1 heterocycles. The quantitative estimate of drug-likeness (QED) is 0.946. The first-order valence-corrected chi connectivity index (χ1v) is 6.57. The molecule has 0 atom stereocenters. The van der Waals surface area contributed by atoms with Crippen LogP contribution in [0.2, 0.25) is 10.0 Å². The third kappa shape index (κ3) is 2.80. The van der Waals surface area contributed by atoms with Gasteiger partial charge in [-0.15, -0.1) is 0 Å². The molecule has 102 valence electrons. The molecule has 0 unspecified atom stereocenters. The molecule has 2 rings (SSSR count). The minimum Gasteiger partial charge on any atom is -0.378 e. The van der Waals surface area contributed by atoms with Crippen LogP contribution >= 0.6 is 23.2 Å². The van der Waals surface area contributed by atoms with Crippen LogP contribution in [0.1, 0.15) is 11.3 Å². The van der Waals surface area contributed by atoms with Crippen LogP contribution in [0.4, 0.5) is 5.69 Å². The van der Waals surface area contributed by atoms with Gasteiger partial charge in [0.15, 0.2) is 0 Å². The van der Waals surface area contributed by atoms with Gasteiger partial charge in [-0.25, -0.2) is 0 Å². The Labute approximate surface area is 121 Å². The van der Waals surface area contributed by atoms with Crippen molar-refractivity contribution in [2.45, 2.75) is 13.5 Å². The van der Waals surface area contributed by atoms with E-state index in [9.17, 15) is 4.79 Å². The van der Waals surface area contributed by atoms with Gasteiger partial charge in [-0.05, 0) is 24.6 Å². The van der Waals surface area contributed by atoms with E-state index in [4.69, 9.17) is 23.2 Å². The van der Waals surface area contributed by atoms with E-state index in [1.165, 1.54) is 0 Å². The van der Waals surface area contributed by atoms with E-state index in [0.717, 1.165) is 16.9 Å². The standard InChI is InChI=1S/C13H15Cl2N3O/c1-8-4-12(11(15)6-10(8)14)16-7-9-5-13(19)18(3)17(9)2/h4-6,16H,7H2,1-3H3. The Bertz CT molecular complexity index is 673. The maximum atomic E-state index is 11.5. The van der Waals surface area contributed by atoms with Crippen molar-refractivity contribution in [2.75, 3.05) is 5.32 Å². The number of benzene rings is 1. The minimum atomic E-state index is -0.0299. The van der Waals surface area contributed by atoms with E-state index < -0.39 is 0 Å². The summed E-state index contributed by atoms with van der Waals surface area (Å²) in [6.07, 6.45) is 0. The summed E-state index contributed by atoms with van der Waals surface area (Å²) in [7, 11) is 3.57. The molecule has 0 aliphatic rings. The summed E-state index contributed by atoms with van der Waals surface area (Å²) < 4.78 is 3.34. The first-order valence-electron chi connectivity index (χ1n) is 5.81. The van der Waals surface area contributed by atoms with Crippen LogP contribution in [-0.4, -0.2) is 9.36 Å². The lowest BCUT2D eigenvalue weighted by molar-refractivity contribution is 0.560. The van der Waals surface area contributed by atoms with Gasteiger partial charge in [0.25, 0.3) is 5.56 Å². The second-order valence-electron chi connectivity index (χ2n) is 4.46. The lowest BCUT2D eigenvalue weighted by Gasteiger charge is -2.11. The second-order valence-corrected chi connectivity index (χ2v) is 5.27. The molecule has 0 fully saturated rings. The van der Waals surface area contributed by atoms with Crippen molar-refractivity contribution in [2.24, 2.45) is 14.1 Å². The van der Waals surface area contributed by atoms with Gasteiger partial charge in [-0.3, -0.25) is 14.2 Å². The normalized spacial score (nSPS) is 10.8. The van der Waals surface area contributed by atoms with Gasteiger partial charge in [0.05, 0.1) is 22.9 Å². The molecule has 6 heteroatoms. The average Bonchev–Trinajstić information content (AvgIpc) is 2.60. The summed E-state index contributed by atoms with van der Waals surface area (Å²) >= 11 is 12.1. The summed E-state index contributed by atoms with van der Waals surface area (Å²) in [6, 6.07) is 5.21. The van der Waals surface area contributed by atoms with Gasteiger partial charge in [0.1, 0.15) is 0 Å². The Morgan fingerprint density at radius 1 is 1.11 bits per heavy atom. The summed E-state index contributed by atoms with van der Waals surface area (Å²) in [5.41, 5.74) is 2.62. The Balaban J connectivity index is 2.21. The molecule has 1 aromatic heterocycles. The molecule has 4 nitrogen and oxygen atoms in total. The monoisotopic (exact) mass is 299 g/mol. The first kappa shape index (κ1) is 14.0. The maximum Gasteiger partial charge on any atom is 0.266 e. The van der Waals surface area contributed by atoms with Crippen molar-refractivity contribution in [3.8, 4) is 0 Å². The fourth-order valence-corrected chi connectivity index (χ4v) is 2.26. The predicted octanol–water partition coefficient (Wildman–Crippen LogP) is 2.95. The van der Waals surface area contributed by atoms with Gasteiger partial charge >= 0.3 is 0 Å². The van der Waals surface area contributed by atoms with E-state index in [-0.39, 0.29) is 5.56 Å². The van der Waals surface area contributed by atoms with Crippen LogP contribution in [0.15, 0.2) is 23.0 Å². The number of aryl methyl sites for hydroxylation is 1.